The lowest BCUT2D eigenvalue weighted by molar-refractivity contribution is 0.0942. The smallest absolute Gasteiger partial charge is 0.273 e. The highest BCUT2D eigenvalue weighted by molar-refractivity contribution is 7.09. The number of hydrogen-bond acceptors (Lipinski definition) is 5. The molecule has 3 rings (SSSR count). The van der Waals surface area contributed by atoms with E-state index in [4.69, 9.17) is 4.52 Å². The summed E-state index contributed by atoms with van der Waals surface area (Å²) in [4.78, 5) is 16.2. The average molecular weight is 335 g/mol. The minimum absolute atomic E-state index is 0.0537. The minimum atomic E-state index is -0.996. The van der Waals surface area contributed by atoms with Crippen LogP contribution < -0.4 is 5.32 Å². The number of thiazole rings is 1. The Labute approximate surface area is 134 Å². The Balaban J connectivity index is 1.70. The van der Waals surface area contributed by atoms with Crippen LogP contribution >= 0.6 is 11.3 Å². The van der Waals surface area contributed by atoms with Crippen LogP contribution in [0.2, 0.25) is 0 Å². The number of amides is 1. The predicted molar refractivity (Wildman–Crippen MR) is 79.9 cm³/mol. The Bertz CT molecular complexity index is 860. The third-order valence-electron chi connectivity index (χ3n) is 3.01. The summed E-state index contributed by atoms with van der Waals surface area (Å²) in [6.07, 6.45) is 0. The van der Waals surface area contributed by atoms with Gasteiger partial charge in [0.15, 0.2) is 23.1 Å². The standard InChI is InChI=1S/C15H11F2N3O2S/c1-8-7-23-14(19-8)6-18-15(21)12-5-13(22-20-12)9-2-3-10(16)11(17)4-9/h2-5,7H,6H2,1H3,(H,18,21). The molecule has 0 aliphatic rings. The number of rotatable bonds is 4. The first kappa shape index (κ1) is 15.3. The second-order valence-electron chi connectivity index (χ2n) is 4.77. The third kappa shape index (κ3) is 3.42. The van der Waals surface area contributed by atoms with Gasteiger partial charge < -0.3 is 9.84 Å². The quantitative estimate of drug-likeness (QED) is 0.794. The average Bonchev–Trinajstić information content (AvgIpc) is 3.17. The minimum Gasteiger partial charge on any atom is -0.355 e. The zero-order valence-corrected chi connectivity index (χ0v) is 12.8. The molecule has 1 aromatic carbocycles. The number of aromatic nitrogens is 2. The molecule has 3 aromatic rings. The normalized spacial score (nSPS) is 10.7. The summed E-state index contributed by atoms with van der Waals surface area (Å²) in [5, 5.41) is 8.97. The second kappa shape index (κ2) is 6.25. The summed E-state index contributed by atoms with van der Waals surface area (Å²) in [5.74, 6) is -2.21. The fourth-order valence-corrected chi connectivity index (χ4v) is 2.61. The Hall–Kier alpha value is -2.61. The fourth-order valence-electron chi connectivity index (χ4n) is 1.90. The van der Waals surface area contributed by atoms with Gasteiger partial charge in [-0.15, -0.1) is 11.3 Å². The van der Waals surface area contributed by atoms with Crippen LogP contribution in [0.5, 0.6) is 0 Å². The fraction of sp³-hybridized carbons (Fsp3) is 0.133. The summed E-state index contributed by atoms with van der Waals surface area (Å²) in [5.41, 5.74) is 1.24. The highest BCUT2D eigenvalue weighted by atomic mass is 32.1. The molecular formula is C15H11F2N3O2S. The Morgan fingerprint density at radius 3 is 2.83 bits per heavy atom. The van der Waals surface area contributed by atoms with Gasteiger partial charge in [0.2, 0.25) is 0 Å². The van der Waals surface area contributed by atoms with Gasteiger partial charge in [-0.25, -0.2) is 13.8 Å². The van der Waals surface area contributed by atoms with E-state index in [1.165, 1.54) is 23.5 Å². The summed E-state index contributed by atoms with van der Waals surface area (Å²) in [6, 6.07) is 4.68. The Morgan fingerprint density at radius 2 is 2.13 bits per heavy atom. The van der Waals surface area contributed by atoms with Gasteiger partial charge in [-0.05, 0) is 25.1 Å². The van der Waals surface area contributed by atoms with Gasteiger partial charge in [0, 0.05) is 22.7 Å². The van der Waals surface area contributed by atoms with E-state index in [2.05, 4.69) is 15.5 Å². The molecule has 5 nitrogen and oxygen atoms in total. The topological polar surface area (TPSA) is 68.0 Å². The lowest BCUT2D eigenvalue weighted by Crippen LogP contribution is -2.22. The molecule has 0 spiro atoms. The molecule has 0 atom stereocenters. The van der Waals surface area contributed by atoms with Crippen LogP contribution in [0.4, 0.5) is 8.78 Å². The zero-order valence-electron chi connectivity index (χ0n) is 12.0. The number of carbonyl (C=O) groups is 1. The van der Waals surface area contributed by atoms with Crippen molar-refractivity contribution in [2.75, 3.05) is 0 Å². The van der Waals surface area contributed by atoms with Gasteiger partial charge in [-0.1, -0.05) is 5.16 Å². The maximum atomic E-state index is 13.2. The number of halogens is 2. The van der Waals surface area contributed by atoms with Crippen molar-refractivity contribution in [1.82, 2.24) is 15.5 Å². The van der Waals surface area contributed by atoms with Crippen molar-refractivity contribution in [3.8, 4) is 11.3 Å². The van der Waals surface area contributed by atoms with Gasteiger partial charge in [0.05, 0.1) is 6.54 Å². The molecule has 0 bridgehead atoms. The molecule has 23 heavy (non-hydrogen) atoms. The van der Waals surface area contributed by atoms with Crippen LogP contribution in [0.3, 0.4) is 0 Å². The Kier molecular flexibility index (Phi) is 4.16. The molecular weight excluding hydrogens is 324 g/mol. The number of carbonyl (C=O) groups excluding carboxylic acids is 1. The summed E-state index contributed by atoms with van der Waals surface area (Å²) in [6.45, 7) is 2.15. The van der Waals surface area contributed by atoms with E-state index in [1.807, 2.05) is 12.3 Å². The summed E-state index contributed by atoms with van der Waals surface area (Å²) < 4.78 is 31.1. The van der Waals surface area contributed by atoms with Gasteiger partial charge in [-0.2, -0.15) is 0 Å². The maximum absolute atomic E-state index is 13.2. The lowest BCUT2D eigenvalue weighted by Gasteiger charge is -1.98. The first-order chi connectivity index (χ1) is 11.0. The van der Waals surface area contributed by atoms with Gasteiger partial charge in [0.25, 0.3) is 5.91 Å². The Morgan fingerprint density at radius 1 is 1.30 bits per heavy atom. The van der Waals surface area contributed by atoms with Crippen LogP contribution in [0, 0.1) is 18.6 Å². The van der Waals surface area contributed by atoms with E-state index in [-0.39, 0.29) is 18.0 Å². The van der Waals surface area contributed by atoms with Crippen molar-refractivity contribution in [1.29, 1.82) is 0 Å². The first-order valence-corrected chi connectivity index (χ1v) is 7.52. The molecule has 0 saturated carbocycles. The van der Waals surface area contributed by atoms with E-state index in [0.717, 1.165) is 22.8 Å². The van der Waals surface area contributed by atoms with Crippen molar-refractivity contribution in [2.24, 2.45) is 0 Å². The molecule has 2 aromatic heterocycles. The lowest BCUT2D eigenvalue weighted by atomic mass is 10.1. The van der Waals surface area contributed by atoms with E-state index >= 15 is 0 Å². The number of nitrogens with one attached hydrogen (secondary N) is 1. The molecule has 118 valence electrons. The highest BCUT2D eigenvalue weighted by Crippen LogP contribution is 2.22. The first-order valence-electron chi connectivity index (χ1n) is 6.64. The SMILES string of the molecule is Cc1csc(CNC(=O)c2cc(-c3ccc(F)c(F)c3)on2)n1. The molecule has 0 saturated heterocycles. The van der Waals surface area contributed by atoms with Crippen LogP contribution in [0.25, 0.3) is 11.3 Å². The monoisotopic (exact) mass is 335 g/mol. The zero-order chi connectivity index (χ0) is 16.4. The van der Waals surface area contributed by atoms with Crippen LogP contribution in [-0.2, 0) is 6.54 Å². The van der Waals surface area contributed by atoms with Crippen molar-refractivity contribution in [3.63, 3.8) is 0 Å². The molecule has 1 amide bonds. The third-order valence-corrected chi connectivity index (χ3v) is 3.98. The van der Waals surface area contributed by atoms with Crippen LogP contribution in [0.1, 0.15) is 21.2 Å². The van der Waals surface area contributed by atoms with E-state index in [1.54, 1.807) is 0 Å². The number of benzene rings is 1. The van der Waals surface area contributed by atoms with Crippen LogP contribution in [-0.4, -0.2) is 16.0 Å². The molecule has 0 fully saturated rings. The second-order valence-corrected chi connectivity index (χ2v) is 5.71. The van der Waals surface area contributed by atoms with Crippen molar-refractivity contribution in [2.45, 2.75) is 13.5 Å². The molecule has 8 heteroatoms. The maximum Gasteiger partial charge on any atom is 0.273 e. The van der Waals surface area contributed by atoms with E-state index in [0.29, 0.717) is 5.56 Å². The van der Waals surface area contributed by atoms with Gasteiger partial charge >= 0.3 is 0 Å². The molecule has 0 aliphatic carbocycles. The van der Waals surface area contributed by atoms with E-state index < -0.39 is 17.5 Å². The summed E-state index contributed by atoms with van der Waals surface area (Å²) in [7, 11) is 0. The predicted octanol–water partition coefficient (Wildman–Crippen LogP) is 3.31. The molecule has 0 unspecified atom stereocenters. The van der Waals surface area contributed by atoms with Gasteiger partial charge in [0.1, 0.15) is 5.01 Å². The molecule has 0 aliphatic heterocycles. The van der Waals surface area contributed by atoms with Crippen molar-refractivity contribution in [3.05, 3.63) is 57.7 Å². The largest absolute Gasteiger partial charge is 0.355 e. The number of nitrogens with zero attached hydrogens (tertiary/aromatic N) is 2. The van der Waals surface area contributed by atoms with Crippen LogP contribution in [0.15, 0.2) is 34.2 Å². The molecule has 2 heterocycles. The highest BCUT2D eigenvalue weighted by Gasteiger charge is 2.15. The number of aryl methyl sites for hydroxylation is 1. The molecule has 1 N–H and O–H groups in total. The molecule has 0 radical (unpaired) electrons. The van der Waals surface area contributed by atoms with E-state index in [9.17, 15) is 13.6 Å². The van der Waals surface area contributed by atoms with Gasteiger partial charge in [-0.3, -0.25) is 4.79 Å². The summed E-state index contributed by atoms with van der Waals surface area (Å²) >= 11 is 1.44. The number of hydrogen-bond donors (Lipinski definition) is 1. The van der Waals surface area contributed by atoms with Crippen molar-refractivity contribution >= 4 is 17.2 Å². The van der Waals surface area contributed by atoms with Crippen molar-refractivity contribution < 1.29 is 18.1 Å².